The fourth-order valence-electron chi connectivity index (χ4n) is 5.58. The number of hydrogen-bond donors (Lipinski definition) is 0. The molecule has 3 aliphatic heterocycles. The van der Waals surface area contributed by atoms with E-state index in [9.17, 15) is 14.0 Å². The number of benzene rings is 1. The number of carbonyl (C=O) groups is 2. The molecule has 3 aliphatic rings. The lowest BCUT2D eigenvalue weighted by molar-refractivity contribution is -0.146. The third kappa shape index (κ3) is 3.44. The van der Waals surface area contributed by atoms with Crippen LogP contribution in [0, 0.1) is 5.41 Å². The number of thioether (sulfide) groups is 1. The Morgan fingerprint density at radius 2 is 1.86 bits per heavy atom. The van der Waals surface area contributed by atoms with Crippen LogP contribution in [-0.4, -0.2) is 65.0 Å². The lowest BCUT2D eigenvalue weighted by atomic mass is 9.68. The quantitative estimate of drug-likeness (QED) is 0.756. The van der Waals surface area contributed by atoms with E-state index in [0.29, 0.717) is 38.1 Å². The summed E-state index contributed by atoms with van der Waals surface area (Å²) in [7, 11) is 0. The SMILES string of the molecule is CSCC(=O)N1[C@H]2CC[C@@H]1[C@](Cc1ccccc1)(C(=O)N1CCC(F)CC1)C2. The summed E-state index contributed by atoms with van der Waals surface area (Å²) in [6, 6.07) is 10.3. The maximum atomic E-state index is 13.8. The number of piperidine rings is 1. The van der Waals surface area contributed by atoms with Crippen LogP contribution in [0.5, 0.6) is 0 Å². The monoisotopic (exact) mass is 404 g/mol. The second-order valence-corrected chi connectivity index (χ2v) is 9.34. The van der Waals surface area contributed by atoms with Gasteiger partial charge in [0.25, 0.3) is 0 Å². The first-order chi connectivity index (χ1) is 13.5. The number of alkyl halides is 1. The van der Waals surface area contributed by atoms with Crippen molar-refractivity contribution in [3.05, 3.63) is 35.9 Å². The van der Waals surface area contributed by atoms with Crippen LogP contribution in [0.1, 0.15) is 37.7 Å². The molecule has 28 heavy (non-hydrogen) atoms. The van der Waals surface area contributed by atoms with E-state index in [1.807, 2.05) is 34.3 Å². The number of nitrogens with zero attached hydrogens (tertiary/aromatic N) is 2. The molecule has 0 unspecified atom stereocenters. The molecule has 1 aromatic carbocycles. The average molecular weight is 405 g/mol. The molecular weight excluding hydrogens is 375 g/mol. The van der Waals surface area contributed by atoms with E-state index in [1.54, 1.807) is 11.8 Å². The van der Waals surface area contributed by atoms with Crippen molar-refractivity contribution in [1.82, 2.24) is 9.80 Å². The molecule has 4 nitrogen and oxygen atoms in total. The number of likely N-dealkylation sites (tertiary alicyclic amines) is 1. The van der Waals surface area contributed by atoms with Crippen molar-refractivity contribution in [3.8, 4) is 0 Å². The van der Waals surface area contributed by atoms with Crippen molar-refractivity contribution in [1.29, 1.82) is 0 Å². The van der Waals surface area contributed by atoms with Gasteiger partial charge < -0.3 is 9.80 Å². The van der Waals surface area contributed by atoms with Gasteiger partial charge in [0, 0.05) is 25.2 Å². The Balaban J connectivity index is 1.65. The summed E-state index contributed by atoms with van der Waals surface area (Å²) in [5.41, 5.74) is 0.572. The highest BCUT2D eigenvalue weighted by Crippen LogP contribution is 2.53. The minimum absolute atomic E-state index is 0.0343. The molecule has 3 fully saturated rings. The van der Waals surface area contributed by atoms with Crippen LogP contribution in [0.15, 0.2) is 30.3 Å². The number of carbonyl (C=O) groups excluding carboxylic acids is 2. The molecule has 0 aromatic heterocycles. The van der Waals surface area contributed by atoms with Crippen LogP contribution in [0.4, 0.5) is 4.39 Å². The van der Waals surface area contributed by atoms with Crippen molar-refractivity contribution in [2.75, 3.05) is 25.1 Å². The molecule has 0 radical (unpaired) electrons. The molecule has 6 heteroatoms. The third-order valence-corrected chi connectivity index (χ3v) is 7.33. The van der Waals surface area contributed by atoms with E-state index in [4.69, 9.17) is 0 Å². The molecule has 152 valence electrons. The Morgan fingerprint density at radius 1 is 1.14 bits per heavy atom. The topological polar surface area (TPSA) is 40.6 Å². The molecule has 3 saturated heterocycles. The molecule has 4 rings (SSSR count). The molecule has 0 spiro atoms. The summed E-state index contributed by atoms with van der Waals surface area (Å²) < 4.78 is 13.6. The highest BCUT2D eigenvalue weighted by molar-refractivity contribution is 7.99. The molecular formula is C22H29FN2O2S. The van der Waals surface area contributed by atoms with Gasteiger partial charge in [-0.15, -0.1) is 0 Å². The maximum absolute atomic E-state index is 13.8. The number of hydrogen-bond acceptors (Lipinski definition) is 3. The Labute approximate surface area is 170 Å². The predicted octanol–water partition coefficient (Wildman–Crippen LogP) is 3.30. The highest BCUT2D eigenvalue weighted by Gasteiger charge is 2.61. The van der Waals surface area contributed by atoms with Crippen LogP contribution in [0.3, 0.4) is 0 Å². The molecule has 0 saturated carbocycles. The zero-order valence-electron chi connectivity index (χ0n) is 16.5. The summed E-state index contributed by atoms with van der Waals surface area (Å²) in [4.78, 5) is 30.5. The van der Waals surface area contributed by atoms with Gasteiger partial charge in [0.1, 0.15) is 6.17 Å². The van der Waals surface area contributed by atoms with Crippen molar-refractivity contribution >= 4 is 23.6 Å². The zero-order chi connectivity index (χ0) is 19.7. The lowest BCUT2D eigenvalue weighted by Gasteiger charge is -2.41. The molecule has 1 aromatic rings. The Kier molecular flexibility index (Phi) is 5.68. The molecule has 3 atom stereocenters. The van der Waals surface area contributed by atoms with Gasteiger partial charge in [-0.3, -0.25) is 9.59 Å². The van der Waals surface area contributed by atoms with Crippen LogP contribution < -0.4 is 0 Å². The van der Waals surface area contributed by atoms with Crippen molar-refractivity contribution < 1.29 is 14.0 Å². The number of amides is 2. The van der Waals surface area contributed by atoms with Gasteiger partial charge in [0.2, 0.25) is 11.8 Å². The van der Waals surface area contributed by atoms with E-state index >= 15 is 0 Å². The van der Waals surface area contributed by atoms with Crippen molar-refractivity contribution in [2.45, 2.75) is 56.8 Å². The average Bonchev–Trinajstić information content (AvgIpc) is 3.25. The zero-order valence-corrected chi connectivity index (χ0v) is 17.3. The largest absolute Gasteiger partial charge is 0.342 e. The van der Waals surface area contributed by atoms with E-state index in [0.717, 1.165) is 24.8 Å². The number of halogens is 1. The summed E-state index contributed by atoms with van der Waals surface area (Å²) >= 11 is 1.54. The summed E-state index contributed by atoms with van der Waals surface area (Å²) in [6.45, 7) is 0.985. The molecule has 0 aliphatic carbocycles. The molecule has 2 amide bonds. The first-order valence-corrected chi connectivity index (χ1v) is 11.7. The van der Waals surface area contributed by atoms with Crippen LogP contribution >= 0.6 is 11.8 Å². The fourth-order valence-corrected chi connectivity index (χ4v) is 5.98. The smallest absolute Gasteiger partial charge is 0.233 e. The van der Waals surface area contributed by atoms with Crippen molar-refractivity contribution in [2.24, 2.45) is 5.41 Å². The van der Waals surface area contributed by atoms with Gasteiger partial charge in [0.05, 0.1) is 11.2 Å². The van der Waals surface area contributed by atoms with Crippen LogP contribution in [0.2, 0.25) is 0 Å². The van der Waals surface area contributed by atoms with E-state index in [2.05, 4.69) is 12.1 Å². The van der Waals surface area contributed by atoms with Crippen LogP contribution in [0.25, 0.3) is 0 Å². The Hall–Kier alpha value is -1.56. The van der Waals surface area contributed by atoms with Gasteiger partial charge in [-0.2, -0.15) is 11.8 Å². The third-order valence-electron chi connectivity index (χ3n) is 6.80. The number of fused-ring (bicyclic) bond motifs is 2. The van der Waals surface area contributed by atoms with Crippen LogP contribution in [-0.2, 0) is 16.0 Å². The second kappa shape index (κ2) is 8.05. The fraction of sp³-hybridized carbons (Fsp3) is 0.636. The maximum Gasteiger partial charge on any atom is 0.233 e. The van der Waals surface area contributed by atoms with Gasteiger partial charge >= 0.3 is 0 Å². The van der Waals surface area contributed by atoms with Gasteiger partial charge in [-0.1, -0.05) is 30.3 Å². The standard InChI is InChI=1S/C22H29FN2O2S/c1-28-15-20(26)25-18-7-8-19(25)22(14-18,13-16-5-3-2-4-6-16)21(27)24-11-9-17(23)10-12-24/h2-6,17-19H,7-15H2,1H3/t18-,19+,22+/m0/s1. The second-order valence-electron chi connectivity index (χ2n) is 8.47. The molecule has 3 heterocycles. The molecule has 0 N–H and O–H groups in total. The summed E-state index contributed by atoms with van der Waals surface area (Å²) in [5.74, 6) is 0.762. The van der Waals surface area contributed by atoms with Gasteiger partial charge in [0.15, 0.2) is 0 Å². The van der Waals surface area contributed by atoms with Gasteiger partial charge in [-0.25, -0.2) is 4.39 Å². The Bertz CT molecular complexity index is 723. The van der Waals surface area contributed by atoms with E-state index < -0.39 is 11.6 Å². The minimum atomic E-state index is -0.797. The first-order valence-electron chi connectivity index (χ1n) is 10.3. The number of rotatable bonds is 5. The highest BCUT2D eigenvalue weighted by atomic mass is 32.2. The summed E-state index contributed by atoms with van der Waals surface area (Å²) in [5, 5.41) is 0. The lowest BCUT2D eigenvalue weighted by Crippen LogP contribution is -2.54. The molecule has 2 bridgehead atoms. The predicted molar refractivity (Wildman–Crippen MR) is 110 cm³/mol. The van der Waals surface area contributed by atoms with Gasteiger partial charge in [-0.05, 0) is 50.3 Å². The van der Waals surface area contributed by atoms with Crippen molar-refractivity contribution in [3.63, 3.8) is 0 Å². The first kappa shape index (κ1) is 19.7. The summed E-state index contributed by atoms with van der Waals surface area (Å²) in [6.07, 6.45) is 5.28. The Morgan fingerprint density at radius 3 is 2.54 bits per heavy atom. The van der Waals surface area contributed by atoms with E-state index in [-0.39, 0.29) is 23.9 Å². The normalized spacial score (nSPS) is 30.1. The minimum Gasteiger partial charge on any atom is -0.342 e. The van der Waals surface area contributed by atoms with E-state index in [1.165, 1.54) is 0 Å².